The Morgan fingerprint density at radius 1 is 1.90 bits per heavy atom. The molecule has 0 unspecified atom stereocenters. The van der Waals surface area contributed by atoms with Gasteiger partial charge in [-0.15, -0.1) is 0 Å². The Bertz CT molecular complexity index is 207. The monoisotopic (exact) mass is 142 g/mol. The van der Waals surface area contributed by atoms with Crippen molar-refractivity contribution in [1.82, 2.24) is 15.2 Å². The van der Waals surface area contributed by atoms with E-state index in [1.54, 1.807) is 0 Å². The van der Waals surface area contributed by atoms with Crippen LogP contribution in [-0.4, -0.2) is 32.8 Å². The van der Waals surface area contributed by atoms with Gasteiger partial charge in [0.15, 0.2) is 0 Å². The minimum Gasteiger partial charge on any atom is -0.387 e. The van der Waals surface area contributed by atoms with E-state index in [4.69, 9.17) is 5.11 Å². The number of hydrogen-bond donors (Lipinski definition) is 3. The molecule has 0 spiro atoms. The van der Waals surface area contributed by atoms with E-state index in [-0.39, 0.29) is 5.95 Å². The number of nitrogens with zero attached hydrogens (tertiary/aromatic N) is 2. The van der Waals surface area contributed by atoms with Gasteiger partial charge in [-0.2, -0.15) is 10.1 Å². The van der Waals surface area contributed by atoms with Crippen molar-refractivity contribution in [2.75, 3.05) is 11.9 Å². The predicted molar refractivity (Wildman–Crippen MR) is 32.1 cm³/mol. The van der Waals surface area contributed by atoms with Crippen LogP contribution in [0.2, 0.25) is 0 Å². The molecule has 1 aromatic heterocycles. The first-order valence-corrected chi connectivity index (χ1v) is 2.59. The van der Waals surface area contributed by atoms with E-state index in [1.165, 1.54) is 6.33 Å². The van der Waals surface area contributed by atoms with Crippen molar-refractivity contribution in [2.45, 2.75) is 0 Å². The Labute approximate surface area is 56.3 Å². The number of anilines is 1. The van der Waals surface area contributed by atoms with Crippen LogP contribution in [0.3, 0.4) is 0 Å². The number of rotatable bonds is 2. The first kappa shape index (κ1) is 6.69. The first-order chi connectivity index (χ1) is 4.83. The van der Waals surface area contributed by atoms with Crippen molar-refractivity contribution in [1.29, 1.82) is 0 Å². The molecule has 0 aliphatic heterocycles. The Hall–Kier alpha value is -1.43. The summed E-state index contributed by atoms with van der Waals surface area (Å²) in [5, 5.41) is 16.4. The highest BCUT2D eigenvalue weighted by Crippen LogP contribution is 1.89. The van der Waals surface area contributed by atoms with Crippen LogP contribution in [0.5, 0.6) is 0 Å². The maximum absolute atomic E-state index is 10.4. The fourth-order valence-electron chi connectivity index (χ4n) is 0.437. The van der Waals surface area contributed by atoms with Crippen LogP contribution in [0.1, 0.15) is 0 Å². The summed E-state index contributed by atoms with van der Waals surface area (Å²) < 4.78 is 0. The molecular formula is C4H6N4O2. The van der Waals surface area contributed by atoms with Crippen LogP contribution in [0.15, 0.2) is 6.33 Å². The van der Waals surface area contributed by atoms with Crippen molar-refractivity contribution >= 4 is 11.9 Å². The third kappa shape index (κ3) is 1.52. The van der Waals surface area contributed by atoms with Gasteiger partial charge >= 0.3 is 0 Å². The van der Waals surface area contributed by atoms with Crippen molar-refractivity contribution < 1.29 is 9.90 Å². The van der Waals surface area contributed by atoms with Gasteiger partial charge in [0.2, 0.25) is 5.95 Å². The van der Waals surface area contributed by atoms with Gasteiger partial charge < -0.3 is 5.11 Å². The van der Waals surface area contributed by atoms with Crippen molar-refractivity contribution in [3.63, 3.8) is 0 Å². The number of aliphatic hydroxyl groups is 1. The summed E-state index contributed by atoms with van der Waals surface area (Å²) in [5.41, 5.74) is 0. The predicted octanol–water partition coefficient (Wildman–Crippen LogP) is -1.26. The van der Waals surface area contributed by atoms with Gasteiger partial charge in [0.25, 0.3) is 5.91 Å². The number of aromatic amines is 1. The van der Waals surface area contributed by atoms with Crippen LogP contribution in [0, 0.1) is 0 Å². The summed E-state index contributed by atoms with van der Waals surface area (Å²) in [7, 11) is 0. The largest absolute Gasteiger partial charge is 0.387 e. The zero-order valence-electron chi connectivity index (χ0n) is 5.03. The molecule has 1 rings (SSSR count). The molecule has 0 aromatic carbocycles. The van der Waals surface area contributed by atoms with Crippen molar-refractivity contribution in [3.05, 3.63) is 6.33 Å². The van der Waals surface area contributed by atoms with Gasteiger partial charge in [0, 0.05) is 0 Å². The maximum atomic E-state index is 10.4. The standard InChI is InChI=1S/C4H6N4O2/c9-1-3(10)7-4-5-2-6-8-4/h2,9H,1H2,(H2,5,6,7,8,10). The smallest absolute Gasteiger partial charge is 0.252 e. The van der Waals surface area contributed by atoms with Gasteiger partial charge in [0.05, 0.1) is 0 Å². The zero-order chi connectivity index (χ0) is 7.40. The number of carbonyl (C=O) groups is 1. The Morgan fingerprint density at radius 3 is 3.20 bits per heavy atom. The third-order valence-corrected chi connectivity index (χ3v) is 0.816. The average Bonchev–Trinajstić information content (AvgIpc) is 2.40. The summed E-state index contributed by atoms with van der Waals surface area (Å²) in [6, 6.07) is 0. The van der Waals surface area contributed by atoms with E-state index < -0.39 is 12.5 Å². The zero-order valence-corrected chi connectivity index (χ0v) is 5.03. The maximum Gasteiger partial charge on any atom is 0.252 e. The second-order valence-electron chi connectivity index (χ2n) is 1.54. The fraction of sp³-hybridized carbons (Fsp3) is 0.250. The fourth-order valence-corrected chi connectivity index (χ4v) is 0.437. The molecule has 0 atom stereocenters. The summed E-state index contributed by atoms with van der Waals surface area (Å²) in [6.45, 7) is -0.555. The highest BCUT2D eigenvalue weighted by atomic mass is 16.3. The van der Waals surface area contributed by atoms with E-state index in [2.05, 4.69) is 20.5 Å². The number of nitrogens with one attached hydrogen (secondary N) is 2. The van der Waals surface area contributed by atoms with Gasteiger partial charge in [-0.1, -0.05) is 0 Å². The van der Waals surface area contributed by atoms with Gasteiger partial charge in [-0.25, -0.2) is 5.10 Å². The van der Waals surface area contributed by atoms with E-state index in [9.17, 15) is 4.79 Å². The molecule has 10 heavy (non-hydrogen) atoms. The molecule has 1 aromatic rings. The number of aromatic nitrogens is 3. The highest BCUT2D eigenvalue weighted by molar-refractivity contribution is 5.89. The third-order valence-electron chi connectivity index (χ3n) is 0.816. The topological polar surface area (TPSA) is 90.9 Å². The summed E-state index contributed by atoms with van der Waals surface area (Å²) >= 11 is 0. The van der Waals surface area contributed by atoms with E-state index in [0.29, 0.717) is 0 Å². The van der Waals surface area contributed by atoms with E-state index >= 15 is 0 Å². The Morgan fingerprint density at radius 2 is 2.70 bits per heavy atom. The molecule has 1 heterocycles. The molecule has 6 heteroatoms. The molecule has 1 amide bonds. The van der Waals surface area contributed by atoms with Gasteiger partial charge in [0.1, 0.15) is 12.9 Å². The molecule has 0 bridgehead atoms. The second kappa shape index (κ2) is 2.92. The SMILES string of the molecule is O=C(CO)Nc1ncn[nH]1. The van der Waals surface area contributed by atoms with Gasteiger partial charge in [-0.05, 0) is 0 Å². The van der Waals surface area contributed by atoms with E-state index in [0.717, 1.165) is 0 Å². The molecule has 0 saturated carbocycles. The first-order valence-electron chi connectivity index (χ1n) is 2.59. The number of aliphatic hydroxyl groups excluding tert-OH is 1. The molecule has 6 nitrogen and oxygen atoms in total. The molecule has 0 saturated heterocycles. The number of carbonyl (C=O) groups excluding carboxylic acids is 1. The highest BCUT2D eigenvalue weighted by Gasteiger charge is 1.99. The molecule has 0 radical (unpaired) electrons. The molecule has 0 aliphatic carbocycles. The lowest BCUT2D eigenvalue weighted by molar-refractivity contribution is -0.118. The Balaban J connectivity index is 2.48. The number of amides is 1. The van der Waals surface area contributed by atoms with E-state index in [1.807, 2.05) is 0 Å². The lowest BCUT2D eigenvalue weighted by Crippen LogP contribution is -2.16. The second-order valence-corrected chi connectivity index (χ2v) is 1.54. The van der Waals surface area contributed by atoms with Crippen LogP contribution < -0.4 is 5.32 Å². The Kier molecular flexibility index (Phi) is 1.96. The molecule has 0 fully saturated rings. The molecule has 3 N–H and O–H groups in total. The normalized spacial score (nSPS) is 9.30. The van der Waals surface area contributed by atoms with Crippen LogP contribution in [-0.2, 0) is 4.79 Å². The quantitative estimate of drug-likeness (QED) is 0.480. The lowest BCUT2D eigenvalue weighted by Gasteiger charge is -1.94. The summed E-state index contributed by atoms with van der Waals surface area (Å²) in [6.07, 6.45) is 1.26. The molecule has 0 aliphatic rings. The number of hydrogen-bond acceptors (Lipinski definition) is 4. The van der Waals surface area contributed by atoms with Crippen LogP contribution in [0.4, 0.5) is 5.95 Å². The van der Waals surface area contributed by atoms with Gasteiger partial charge in [-0.3, -0.25) is 10.1 Å². The average molecular weight is 142 g/mol. The van der Waals surface area contributed by atoms with Crippen LogP contribution in [0.25, 0.3) is 0 Å². The van der Waals surface area contributed by atoms with Crippen molar-refractivity contribution in [3.8, 4) is 0 Å². The summed E-state index contributed by atoms with van der Waals surface area (Å²) in [4.78, 5) is 14.0. The minimum absolute atomic E-state index is 0.235. The van der Waals surface area contributed by atoms with Crippen LogP contribution >= 0.6 is 0 Å². The molecular weight excluding hydrogens is 136 g/mol. The van der Waals surface area contributed by atoms with Crippen molar-refractivity contribution in [2.24, 2.45) is 0 Å². The number of H-pyrrole nitrogens is 1. The summed E-state index contributed by atoms with van der Waals surface area (Å²) in [5.74, 6) is -0.282. The molecule has 54 valence electrons. The minimum atomic E-state index is -0.555. The lowest BCUT2D eigenvalue weighted by atomic mass is 10.6.